The largest absolute Gasteiger partial charge is 0.456 e. The molecule has 5 heterocycles. The van der Waals surface area contributed by atoms with E-state index < -0.39 is 0 Å². The van der Waals surface area contributed by atoms with Crippen molar-refractivity contribution in [1.29, 1.82) is 10.5 Å². The Morgan fingerprint density at radius 3 is 1.21 bits per heavy atom. The number of furan rings is 1. The van der Waals surface area contributed by atoms with Gasteiger partial charge < -0.3 is 22.7 Å². The molecule has 7 heteroatoms. The van der Waals surface area contributed by atoms with Gasteiger partial charge in [-0.05, 0) is 99.8 Å². The van der Waals surface area contributed by atoms with Crippen LogP contribution in [0.3, 0.4) is 0 Å². The van der Waals surface area contributed by atoms with Crippen LogP contribution in [-0.4, -0.2) is 18.3 Å². The van der Waals surface area contributed by atoms with Gasteiger partial charge in [0.15, 0.2) is 0 Å². The second-order valence-corrected chi connectivity index (χ2v) is 22.0. The van der Waals surface area contributed by atoms with Crippen LogP contribution in [0.1, 0.15) is 11.1 Å². The number of para-hydroxylation sites is 7. The summed E-state index contributed by atoms with van der Waals surface area (Å²) in [4.78, 5) is 0. The van der Waals surface area contributed by atoms with Gasteiger partial charge >= 0.3 is 0 Å². The minimum absolute atomic E-state index is 0.342. The van der Waals surface area contributed by atoms with Gasteiger partial charge in [0, 0.05) is 48.5 Å². The number of nitriles is 2. The maximum Gasteiger partial charge on any atom is 0.137 e. The summed E-state index contributed by atoms with van der Waals surface area (Å²) < 4.78 is 16.0. The number of hydrogen-bond donors (Lipinski definition) is 0. The minimum Gasteiger partial charge on any atom is -0.456 e. The lowest BCUT2D eigenvalue weighted by molar-refractivity contribution is 0.669. The van der Waals surface area contributed by atoms with E-state index in [0.29, 0.717) is 33.9 Å². The highest BCUT2D eigenvalue weighted by Gasteiger charge is 2.35. The van der Waals surface area contributed by atoms with Crippen molar-refractivity contribution in [2.24, 2.45) is 0 Å². The van der Waals surface area contributed by atoms with Gasteiger partial charge in [0.05, 0.1) is 72.3 Å². The van der Waals surface area contributed by atoms with Crippen LogP contribution in [0.4, 0.5) is 0 Å². The fourth-order valence-electron chi connectivity index (χ4n) is 14.4. The van der Waals surface area contributed by atoms with Gasteiger partial charge in [-0.1, -0.05) is 200 Å². The average molecular weight is 1080 g/mol. The molecule has 0 amide bonds. The van der Waals surface area contributed by atoms with Crippen LogP contribution in [0.25, 0.3) is 165 Å². The molecule has 0 atom stereocenters. The normalized spacial score (nSPS) is 12.0. The van der Waals surface area contributed by atoms with E-state index in [9.17, 15) is 10.5 Å². The van der Waals surface area contributed by atoms with E-state index in [1.54, 1.807) is 0 Å². The third-order valence-electron chi connectivity index (χ3n) is 17.8. The van der Waals surface area contributed by atoms with Crippen LogP contribution in [0.2, 0.25) is 0 Å². The molecule has 5 aromatic heterocycles. The molecule has 0 spiro atoms. The minimum atomic E-state index is 0.342. The molecule has 85 heavy (non-hydrogen) atoms. The van der Waals surface area contributed by atoms with E-state index in [1.807, 2.05) is 24.3 Å². The highest BCUT2D eigenvalue weighted by molar-refractivity contribution is 6.26. The summed E-state index contributed by atoms with van der Waals surface area (Å²) in [7, 11) is 0. The Bertz CT molecular complexity index is 5710. The number of fused-ring (bicyclic) bond motifs is 17. The SMILES string of the molecule is N#Cc1c(-n2c3ccccc3c3ccccc32)c(C#N)c(-n2c3ccccc3c3ccccc32)c(-n2c3ccc(-c4ccccc4-c4cccc5ccccc45)cc3c3ccc4oc5ccccc5c4c32)c1-n1c2ccccc2c2ccccc21. The molecule has 13 aromatic carbocycles. The van der Waals surface area contributed by atoms with E-state index in [4.69, 9.17) is 4.42 Å². The van der Waals surface area contributed by atoms with Gasteiger partial charge in [0.25, 0.3) is 0 Å². The molecule has 0 saturated carbocycles. The number of rotatable bonds is 6. The molecule has 0 radical (unpaired) electrons. The third-order valence-corrected chi connectivity index (χ3v) is 17.8. The maximum atomic E-state index is 12.7. The van der Waals surface area contributed by atoms with E-state index in [0.717, 1.165) is 131 Å². The van der Waals surface area contributed by atoms with Crippen molar-refractivity contribution in [3.05, 3.63) is 278 Å². The molecular weight excluding hydrogens is 1040 g/mol. The summed E-state index contributed by atoms with van der Waals surface area (Å²) >= 11 is 0. The van der Waals surface area contributed by atoms with Crippen molar-refractivity contribution in [2.75, 3.05) is 0 Å². The van der Waals surface area contributed by atoms with Crippen LogP contribution in [0, 0.1) is 22.7 Å². The number of benzene rings is 13. The first kappa shape index (κ1) is 46.8. The predicted octanol–water partition coefficient (Wildman–Crippen LogP) is 20.2. The summed E-state index contributed by atoms with van der Waals surface area (Å²) in [6.45, 7) is 0. The monoisotopic (exact) mass is 1080 g/mol. The predicted molar refractivity (Wildman–Crippen MR) is 349 cm³/mol. The first-order chi connectivity index (χ1) is 42.2. The second kappa shape index (κ2) is 17.8. The summed E-state index contributed by atoms with van der Waals surface area (Å²) in [5.74, 6) is 0. The molecule has 0 aliphatic carbocycles. The van der Waals surface area contributed by atoms with E-state index in [1.165, 1.54) is 10.8 Å². The highest BCUT2D eigenvalue weighted by atomic mass is 16.3. The van der Waals surface area contributed by atoms with Crippen molar-refractivity contribution in [2.45, 2.75) is 0 Å². The fourth-order valence-corrected chi connectivity index (χ4v) is 14.4. The van der Waals surface area contributed by atoms with Gasteiger partial charge in [0.1, 0.15) is 34.4 Å². The van der Waals surface area contributed by atoms with Crippen LogP contribution >= 0.6 is 0 Å². The average Bonchev–Trinajstić information content (AvgIpc) is 1.69. The lowest BCUT2D eigenvalue weighted by atomic mass is 9.91. The number of aromatic nitrogens is 4. The van der Waals surface area contributed by atoms with Gasteiger partial charge in [-0.15, -0.1) is 0 Å². The zero-order valence-corrected chi connectivity index (χ0v) is 45.5. The summed E-state index contributed by atoms with van der Waals surface area (Å²) in [6, 6.07) is 99.7. The quantitative estimate of drug-likeness (QED) is 0.166. The van der Waals surface area contributed by atoms with E-state index in [-0.39, 0.29) is 0 Å². The molecule has 0 fully saturated rings. The lowest BCUT2D eigenvalue weighted by Gasteiger charge is -2.27. The van der Waals surface area contributed by atoms with Gasteiger partial charge in [0.2, 0.25) is 0 Å². The topological polar surface area (TPSA) is 80.4 Å². The second-order valence-electron chi connectivity index (χ2n) is 22.0. The maximum absolute atomic E-state index is 12.7. The molecule has 0 unspecified atom stereocenters. The van der Waals surface area contributed by atoms with E-state index >= 15 is 0 Å². The highest BCUT2D eigenvalue weighted by Crippen LogP contribution is 2.51. The smallest absolute Gasteiger partial charge is 0.137 e. The molecule has 18 aromatic rings. The van der Waals surface area contributed by atoms with Crippen molar-refractivity contribution >= 4 is 120 Å². The van der Waals surface area contributed by atoms with Crippen LogP contribution in [-0.2, 0) is 0 Å². The van der Waals surface area contributed by atoms with Crippen molar-refractivity contribution < 1.29 is 4.42 Å². The van der Waals surface area contributed by atoms with Gasteiger partial charge in [-0.25, -0.2) is 0 Å². The molecule has 0 bridgehead atoms. The molecule has 0 saturated heterocycles. The third kappa shape index (κ3) is 6.41. The molecule has 18 rings (SSSR count). The molecule has 392 valence electrons. The van der Waals surface area contributed by atoms with E-state index in [2.05, 4.69) is 273 Å². The molecule has 0 aliphatic rings. The summed E-state index contributed by atoms with van der Waals surface area (Å²) in [6.07, 6.45) is 0. The Kier molecular flexibility index (Phi) is 9.80. The Hall–Kier alpha value is -11.9. The van der Waals surface area contributed by atoms with Crippen LogP contribution in [0.15, 0.2) is 271 Å². The van der Waals surface area contributed by atoms with Crippen molar-refractivity contribution in [1.82, 2.24) is 18.3 Å². The molecule has 7 nitrogen and oxygen atoms in total. The standard InChI is InChI=1S/C78H44N6O/c79-45-62-74(81-64-33-12-5-25-53(64)54-26-6-13-34-65(54)81)63(46-80)77(83-68-37-16-9-29-57(68)58-30-10-17-38-69(58)83)78(76(62)82-66-35-14-7-27-55(66)56-28-8-15-36-67(56)82)84-70-42-40-48(50-23-3-4-24-51(50)52-32-19-21-47-20-1-2-22-49(47)52)44-61(70)59-41-43-72-73(75(59)84)60-31-11-18-39-71(60)85-72/h1-44H. The molecule has 0 aliphatic heterocycles. The fraction of sp³-hybridized carbons (Fsp3) is 0. The van der Waals surface area contributed by atoms with Gasteiger partial charge in [-0.3, -0.25) is 0 Å². The van der Waals surface area contributed by atoms with Gasteiger partial charge in [-0.2, -0.15) is 10.5 Å². The number of hydrogen-bond acceptors (Lipinski definition) is 3. The molecular formula is C78H44N6O. The Labute approximate surface area is 485 Å². The van der Waals surface area contributed by atoms with Crippen LogP contribution in [0.5, 0.6) is 0 Å². The van der Waals surface area contributed by atoms with Crippen molar-refractivity contribution in [3.63, 3.8) is 0 Å². The molecule has 0 N–H and O–H groups in total. The Balaban J connectivity index is 1.11. The number of nitrogens with zero attached hydrogens (tertiary/aromatic N) is 6. The van der Waals surface area contributed by atoms with Crippen molar-refractivity contribution in [3.8, 4) is 57.1 Å². The first-order valence-corrected chi connectivity index (χ1v) is 28.6. The zero-order valence-electron chi connectivity index (χ0n) is 45.5. The Morgan fingerprint density at radius 2 is 0.682 bits per heavy atom. The first-order valence-electron chi connectivity index (χ1n) is 28.6. The zero-order chi connectivity index (χ0) is 56.0. The Morgan fingerprint density at radius 1 is 0.271 bits per heavy atom. The van der Waals surface area contributed by atoms with Crippen LogP contribution < -0.4 is 0 Å². The lowest BCUT2D eigenvalue weighted by Crippen LogP contribution is -2.17. The summed E-state index contributed by atoms with van der Waals surface area (Å²) in [5, 5.41) is 37.9. The summed E-state index contributed by atoms with van der Waals surface area (Å²) in [5.41, 5.74) is 16.2.